The summed E-state index contributed by atoms with van der Waals surface area (Å²) in [5.41, 5.74) is 6.30. The van der Waals surface area contributed by atoms with Crippen molar-refractivity contribution in [3.63, 3.8) is 0 Å². The summed E-state index contributed by atoms with van der Waals surface area (Å²) in [6, 6.07) is 2.56. The highest BCUT2D eigenvalue weighted by atomic mass is 79.9. The standard InChI is InChI=1S/C13H18BrNO4/c1-7(2)19-12-6-9(14)8(5-11(12)18-3)4-10(15)13(16)17/h5-7,10H,4,15H2,1-3H3,(H,16,17). The van der Waals surface area contributed by atoms with Crippen molar-refractivity contribution in [2.75, 3.05) is 7.11 Å². The number of ether oxygens (including phenoxy) is 2. The molecule has 0 aliphatic rings. The van der Waals surface area contributed by atoms with Gasteiger partial charge in [-0.25, -0.2) is 0 Å². The number of aliphatic carboxylic acids is 1. The molecule has 0 bridgehead atoms. The minimum atomic E-state index is -1.03. The molecule has 0 amide bonds. The van der Waals surface area contributed by atoms with Crippen LogP contribution in [0.3, 0.4) is 0 Å². The van der Waals surface area contributed by atoms with Gasteiger partial charge in [0, 0.05) is 4.47 Å². The molecule has 0 aliphatic heterocycles. The molecule has 1 aromatic carbocycles. The number of carbonyl (C=O) groups is 1. The molecule has 1 rings (SSSR count). The van der Waals surface area contributed by atoms with E-state index in [0.29, 0.717) is 11.5 Å². The Morgan fingerprint density at radius 2 is 2.05 bits per heavy atom. The minimum absolute atomic E-state index is 0.0212. The van der Waals surface area contributed by atoms with Crippen LogP contribution in [0.5, 0.6) is 11.5 Å². The van der Waals surface area contributed by atoms with Crippen LogP contribution in [0.2, 0.25) is 0 Å². The van der Waals surface area contributed by atoms with Crippen LogP contribution in [-0.4, -0.2) is 30.3 Å². The number of rotatable bonds is 6. The lowest BCUT2D eigenvalue weighted by molar-refractivity contribution is -0.138. The predicted octanol–water partition coefficient (Wildman–Crippen LogP) is 2.20. The number of halogens is 1. The highest BCUT2D eigenvalue weighted by Crippen LogP contribution is 2.34. The van der Waals surface area contributed by atoms with Gasteiger partial charge >= 0.3 is 5.97 Å². The molecule has 0 fully saturated rings. The van der Waals surface area contributed by atoms with Crippen molar-refractivity contribution in [2.45, 2.75) is 32.4 Å². The average molecular weight is 332 g/mol. The first-order chi connectivity index (χ1) is 8.85. The quantitative estimate of drug-likeness (QED) is 0.835. The van der Waals surface area contributed by atoms with E-state index in [1.165, 1.54) is 7.11 Å². The molecular weight excluding hydrogens is 314 g/mol. The molecule has 19 heavy (non-hydrogen) atoms. The molecule has 0 heterocycles. The van der Waals surface area contributed by atoms with Gasteiger partial charge in [0.25, 0.3) is 0 Å². The van der Waals surface area contributed by atoms with Gasteiger partial charge in [-0.15, -0.1) is 0 Å². The van der Waals surface area contributed by atoms with E-state index >= 15 is 0 Å². The molecule has 6 heteroatoms. The molecule has 0 aromatic heterocycles. The van der Waals surface area contributed by atoms with Gasteiger partial charge < -0.3 is 20.3 Å². The third-order valence-corrected chi connectivity index (χ3v) is 3.19. The second kappa shape index (κ2) is 6.77. The van der Waals surface area contributed by atoms with E-state index in [1.807, 2.05) is 13.8 Å². The first kappa shape index (κ1) is 15.8. The van der Waals surface area contributed by atoms with Gasteiger partial charge in [-0.05, 0) is 38.0 Å². The third kappa shape index (κ3) is 4.40. The minimum Gasteiger partial charge on any atom is -0.493 e. The van der Waals surface area contributed by atoms with E-state index < -0.39 is 12.0 Å². The lowest BCUT2D eigenvalue weighted by atomic mass is 10.1. The Bertz CT molecular complexity index is 462. The zero-order valence-electron chi connectivity index (χ0n) is 11.1. The molecule has 1 aromatic rings. The molecule has 106 valence electrons. The Hall–Kier alpha value is -1.27. The van der Waals surface area contributed by atoms with Crippen LogP contribution in [-0.2, 0) is 11.2 Å². The van der Waals surface area contributed by atoms with Gasteiger partial charge in [0.1, 0.15) is 6.04 Å². The van der Waals surface area contributed by atoms with Crippen LogP contribution in [0.25, 0.3) is 0 Å². The number of benzene rings is 1. The molecule has 0 radical (unpaired) electrons. The molecular formula is C13H18BrNO4. The van der Waals surface area contributed by atoms with E-state index in [4.69, 9.17) is 20.3 Å². The summed E-state index contributed by atoms with van der Waals surface area (Å²) in [5, 5.41) is 8.84. The van der Waals surface area contributed by atoms with Crippen LogP contribution < -0.4 is 15.2 Å². The van der Waals surface area contributed by atoms with E-state index in [9.17, 15) is 4.79 Å². The van der Waals surface area contributed by atoms with Crippen molar-refractivity contribution < 1.29 is 19.4 Å². The second-order valence-electron chi connectivity index (χ2n) is 4.41. The van der Waals surface area contributed by atoms with E-state index in [0.717, 1.165) is 10.0 Å². The van der Waals surface area contributed by atoms with Crippen molar-refractivity contribution in [1.29, 1.82) is 0 Å². The van der Waals surface area contributed by atoms with Crippen LogP contribution in [0.1, 0.15) is 19.4 Å². The Morgan fingerprint density at radius 3 is 2.53 bits per heavy atom. The molecule has 0 saturated heterocycles. The fraction of sp³-hybridized carbons (Fsp3) is 0.462. The van der Waals surface area contributed by atoms with E-state index in [-0.39, 0.29) is 12.5 Å². The third-order valence-electron chi connectivity index (χ3n) is 2.45. The maximum Gasteiger partial charge on any atom is 0.320 e. The number of hydrogen-bond acceptors (Lipinski definition) is 4. The Morgan fingerprint density at radius 1 is 1.42 bits per heavy atom. The monoisotopic (exact) mass is 331 g/mol. The zero-order valence-corrected chi connectivity index (χ0v) is 12.7. The maximum absolute atomic E-state index is 10.8. The van der Waals surface area contributed by atoms with Gasteiger partial charge in [-0.1, -0.05) is 15.9 Å². The first-order valence-corrected chi connectivity index (χ1v) is 6.66. The van der Waals surface area contributed by atoms with Crippen LogP contribution in [0.4, 0.5) is 0 Å². The van der Waals surface area contributed by atoms with Gasteiger partial charge in [-0.3, -0.25) is 4.79 Å². The lowest BCUT2D eigenvalue weighted by Gasteiger charge is -2.16. The number of nitrogens with two attached hydrogens (primary N) is 1. The van der Waals surface area contributed by atoms with E-state index in [2.05, 4.69) is 15.9 Å². The fourth-order valence-corrected chi connectivity index (χ4v) is 2.05. The van der Waals surface area contributed by atoms with Crippen molar-refractivity contribution in [2.24, 2.45) is 5.73 Å². The zero-order chi connectivity index (χ0) is 14.6. The van der Waals surface area contributed by atoms with Crippen LogP contribution in [0, 0.1) is 0 Å². The molecule has 1 unspecified atom stereocenters. The van der Waals surface area contributed by atoms with Gasteiger partial charge in [-0.2, -0.15) is 0 Å². The summed E-state index contributed by atoms with van der Waals surface area (Å²) >= 11 is 3.39. The van der Waals surface area contributed by atoms with Gasteiger partial charge in [0.2, 0.25) is 0 Å². The Labute approximate surface area is 120 Å². The topological polar surface area (TPSA) is 81.8 Å². The molecule has 0 spiro atoms. The highest BCUT2D eigenvalue weighted by Gasteiger charge is 2.17. The molecule has 1 atom stereocenters. The van der Waals surface area contributed by atoms with Crippen molar-refractivity contribution in [3.05, 3.63) is 22.2 Å². The number of carboxylic acids is 1. The summed E-state index contributed by atoms with van der Waals surface area (Å²) in [4.78, 5) is 10.8. The lowest BCUT2D eigenvalue weighted by Crippen LogP contribution is -2.32. The smallest absolute Gasteiger partial charge is 0.320 e. The second-order valence-corrected chi connectivity index (χ2v) is 5.26. The molecule has 3 N–H and O–H groups in total. The summed E-state index contributed by atoms with van der Waals surface area (Å²) in [6.45, 7) is 3.84. The number of methoxy groups -OCH3 is 1. The Kier molecular flexibility index (Phi) is 5.62. The van der Waals surface area contributed by atoms with Gasteiger partial charge in [0.15, 0.2) is 11.5 Å². The SMILES string of the molecule is COc1cc(CC(N)C(=O)O)c(Br)cc1OC(C)C. The molecule has 0 aliphatic carbocycles. The fourth-order valence-electron chi connectivity index (χ4n) is 1.56. The van der Waals surface area contributed by atoms with Crippen molar-refractivity contribution in [3.8, 4) is 11.5 Å². The maximum atomic E-state index is 10.8. The van der Waals surface area contributed by atoms with Crippen molar-refractivity contribution >= 4 is 21.9 Å². The van der Waals surface area contributed by atoms with Crippen molar-refractivity contribution in [1.82, 2.24) is 0 Å². The van der Waals surface area contributed by atoms with Gasteiger partial charge in [0.05, 0.1) is 13.2 Å². The van der Waals surface area contributed by atoms with Crippen LogP contribution in [0.15, 0.2) is 16.6 Å². The molecule has 0 saturated carbocycles. The summed E-state index contributed by atoms with van der Waals surface area (Å²) in [6.07, 6.45) is 0.238. The van der Waals surface area contributed by atoms with Crippen LogP contribution >= 0.6 is 15.9 Å². The first-order valence-electron chi connectivity index (χ1n) is 5.86. The predicted molar refractivity (Wildman–Crippen MR) is 75.8 cm³/mol. The largest absolute Gasteiger partial charge is 0.493 e. The summed E-state index contributed by atoms with van der Waals surface area (Å²) in [7, 11) is 1.54. The highest BCUT2D eigenvalue weighted by molar-refractivity contribution is 9.10. The number of hydrogen-bond donors (Lipinski definition) is 2. The number of carboxylic acid groups (broad SMARTS) is 1. The summed E-state index contributed by atoms with van der Waals surface area (Å²) in [5.74, 6) is 0.134. The average Bonchev–Trinajstić information content (AvgIpc) is 2.31. The summed E-state index contributed by atoms with van der Waals surface area (Å²) < 4.78 is 11.6. The normalized spacial score (nSPS) is 12.3. The van der Waals surface area contributed by atoms with E-state index in [1.54, 1.807) is 12.1 Å². The Balaban J connectivity index is 3.05. The molecule has 5 nitrogen and oxygen atoms in total.